The van der Waals surface area contributed by atoms with Crippen molar-refractivity contribution in [3.63, 3.8) is 0 Å². The summed E-state index contributed by atoms with van der Waals surface area (Å²) in [5.74, 6) is 1.46. The van der Waals surface area contributed by atoms with Gasteiger partial charge in [-0.15, -0.1) is 0 Å². The van der Waals surface area contributed by atoms with Crippen LogP contribution in [-0.4, -0.2) is 11.0 Å². The Hall–Kier alpha value is -1.27. The Morgan fingerprint density at radius 3 is 3.00 bits per heavy atom. The molecule has 1 saturated carbocycles. The van der Waals surface area contributed by atoms with Crippen molar-refractivity contribution in [1.82, 2.24) is 4.98 Å². The molecule has 0 amide bonds. The third-order valence-corrected chi connectivity index (χ3v) is 3.99. The van der Waals surface area contributed by atoms with Gasteiger partial charge in [0.05, 0.1) is 5.56 Å². The molecule has 1 fully saturated rings. The minimum Gasteiger partial charge on any atom is -0.366 e. The Labute approximate surface area is 113 Å². The molecule has 0 aliphatic heterocycles. The Kier molecular flexibility index (Phi) is 4.43. The van der Waals surface area contributed by atoms with Crippen molar-refractivity contribution >= 4 is 17.4 Å². The number of nitrogens with one attached hydrogen (secondary N) is 1. The van der Waals surface area contributed by atoms with Crippen LogP contribution in [0.5, 0.6) is 0 Å². The summed E-state index contributed by atoms with van der Waals surface area (Å²) in [5.41, 5.74) is 0.483. The van der Waals surface area contributed by atoms with Crippen LogP contribution in [0.3, 0.4) is 0 Å². The lowest BCUT2D eigenvalue weighted by atomic mass is 10.0. The molecule has 2 atom stereocenters. The summed E-state index contributed by atoms with van der Waals surface area (Å²) in [6.07, 6.45) is 7.72. The predicted molar refractivity (Wildman–Crippen MR) is 73.6 cm³/mol. The van der Waals surface area contributed by atoms with E-state index in [9.17, 15) is 0 Å². The molecule has 1 N–H and O–H groups in total. The van der Waals surface area contributed by atoms with Crippen molar-refractivity contribution in [2.45, 2.75) is 45.1 Å². The van der Waals surface area contributed by atoms with E-state index in [1.807, 2.05) is 0 Å². The Balaban J connectivity index is 2.07. The maximum absolute atomic E-state index is 8.94. The van der Waals surface area contributed by atoms with Crippen LogP contribution in [-0.2, 0) is 0 Å². The minimum absolute atomic E-state index is 0.425. The van der Waals surface area contributed by atoms with Gasteiger partial charge in [0, 0.05) is 12.2 Å². The van der Waals surface area contributed by atoms with Gasteiger partial charge in [0.25, 0.3) is 0 Å². The van der Waals surface area contributed by atoms with E-state index in [1.165, 1.54) is 19.3 Å². The molecule has 96 valence electrons. The first-order valence-corrected chi connectivity index (χ1v) is 6.89. The van der Waals surface area contributed by atoms with Crippen LogP contribution in [0.25, 0.3) is 0 Å². The van der Waals surface area contributed by atoms with Crippen molar-refractivity contribution in [1.29, 1.82) is 5.26 Å². The molecular weight excluding hydrogens is 246 g/mol. The van der Waals surface area contributed by atoms with Crippen molar-refractivity contribution in [2.75, 3.05) is 5.32 Å². The zero-order chi connectivity index (χ0) is 13.0. The molecule has 1 heterocycles. The van der Waals surface area contributed by atoms with Gasteiger partial charge in [-0.1, -0.05) is 31.4 Å². The second-order valence-corrected chi connectivity index (χ2v) is 5.47. The number of pyridine rings is 1. The summed E-state index contributed by atoms with van der Waals surface area (Å²) in [6, 6.07) is 4.15. The second-order valence-electron chi connectivity index (χ2n) is 5.09. The fraction of sp³-hybridized carbons (Fsp3) is 0.571. The minimum atomic E-state index is 0.425. The number of halogens is 1. The first kappa shape index (κ1) is 13.2. The molecule has 0 saturated heterocycles. The highest BCUT2D eigenvalue weighted by Crippen LogP contribution is 2.28. The van der Waals surface area contributed by atoms with E-state index in [0.717, 1.165) is 18.8 Å². The fourth-order valence-corrected chi connectivity index (χ4v) is 2.66. The van der Waals surface area contributed by atoms with Gasteiger partial charge in [0.1, 0.15) is 16.9 Å². The van der Waals surface area contributed by atoms with Crippen LogP contribution in [0, 0.1) is 17.2 Å². The third kappa shape index (κ3) is 3.14. The molecule has 1 aromatic rings. The van der Waals surface area contributed by atoms with E-state index in [2.05, 4.69) is 23.3 Å². The van der Waals surface area contributed by atoms with Gasteiger partial charge in [-0.05, 0) is 31.2 Å². The number of nitrogens with zero attached hydrogens (tertiary/aromatic N) is 2. The maximum atomic E-state index is 8.94. The number of hydrogen-bond acceptors (Lipinski definition) is 3. The van der Waals surface area contributed by atoms with E-state index >= 15 is 0 Å². The van der Waals surface area contributed by atoms with Gasteiger partial charge >= 0.3 is 0 Å². The molecule has 2 unspecified atom stereocenters. The van der Waals surface area contributed by atoms with Crippen molar-refractivity contribution in [3.8, 4) is 6.07 Å². The number of hydrogen-bond donors (Lipinski definition) is 1. The fourth-order valence-electron chi connectivity index (χ4n) is 2.46. The first-order chi connectivity index (χ1) is 8.70. The van der Waals surface area contributed by atoms with Gasteiger partial charge in [-0.2, -0.15) is 5.26 Å². The van der Waals surface area contributed by atoms with Crippen LogP contribution >= 0.6 is 11.6 Å². The molecule has 1 aliphatic rings. The Bertz CT molecular complexity index is 453. The summed E-state index contributed by atoms with van der Waals surface area (Å²) in [6.45, 7) is 2.31. The van der Waals surface area contributed by atoms with Crippen LogP contribution in [0.1, 0.15) is 44.6 Å². The van der Waals surface area contributed by atoms with Crippen LogP contribution in [0.15, 0.2) is 12.3 Å². The molecule has 0 spiro atoms. The molecular formula is C14H18ClN3. The van der Waals surface area contributed by atoms with Crippen LogP contribution < -0.4 is 5.32 Å². The number of anilines is 1. The predicted octanol–water partition coefficient (Wildman–Crippen LogP) is 3.99. The van der Waals surface area contributed by atoms with Gasteiger partial charge in [0.2, 0.25) is 0 Å². The SMILES string of the molecule is CC1CCCC(Nc2nccc(C#N)c2Cl)CC1. The number of rotatable bonds is 2. The molecule has 4 heteroatoms. The molecule has 0 radical (unpaired) electrons. The van der Waals surface area contributed by atoms with Crippen LogP contribution in [0.2, 0.25) is 5.02 Å². The monoisotopic (exact) mass is 263 g/mol. The summed E-state index contributed by atoms with van der Waals surface area (Å²) in [4.78, 5) is 4.24. The third-order valence-electron chi connectivity index (χ3n) is 3.61. The summed E-state index contributed by atoms with van der Waals surface area (Å²) < 4.78 is 0. The lowest BCUT2D eigenvalue weighted by Crippen LogP contribution is -2.19. The normalized spacial score (nSPS) is 24.1. The van der Waals surface area contributed by atoms with Crippen molar-refractivity contribution in [2.24, 2.45) is 5.92 Å². The molecule has 3 nitrogen and oxygen atoms in total. The van der Waals surface area contributed by atoms with Gasteiger partial charge < -0.3 is 5.32 Å². The first-order valence-electron chi connectivity index (χ1n) is 6.52. The summed E-state index contributed by atoms with van der Waals surface area (Å²) >= 11 is 6.15. The smallest absolute Gasteiger partial charge is 0.146 e. The molecule has 1 aliphatic carbocycles. The lowest BCUT2D eigenvalue weighted by Gasteiger charge is -2.18. The largest absolute Gasteiger partial charge is 0.366 e. The zero-order valence-electron chi connectivity index (χ0n) is 10.6. The van der Waals surface area contributed by atoms with Gasteiger partial charge in [-0.25, -0.2) is 4.98 Å². The number of nitriles is 1. The number of aromatic nitrogens is 1. The van der Waals surface area contributed by atoms with Crippen molar-refractivity contribution < 1.29 is 0 Å². The average Bonchev–Trinajstić information content (AvgIpc) is 2.57. The standard InChI is InChI=1S/C14H18ClN3/c1-10-3-2-4-12(6-5-10)18-14-13(15)11(9-16)7-8-17-14/h7-8,10,12H,2-6H2,1H3,(H,17,18). The lowest BCUT2D eigenvalue weighted by molar-refractivity contribution is 0.502. The summed E-state index contributed by atoms with van der Waals surface area (Å²) in [5, 5.41) is 12.8. The molecule has 1 aromatic heterocycles. The van der Waals surface area contributed by atoms with E-state index in [1.54, 1.807) is 12.3 Å². The highest BCUT2D eigenvalue weighted by atomic mass is 35.5. The Morgan fingerprint density at radius 2 is 2.22 bits per heavy atom. The molecule has 2 rings (SSSR count). The van der Waals surface area contributed by atoms with Crippen molar-refractivity contribution in [3.05, 3.63) is 22.8 Å². The second kappa shape index (κ2) is 6.06. The van der Waals surface area contributed by atoms with E-state index < -0.39 is 0 Å². The highest BCUT2D eigenvalue weighted by molar-refractivity contribution is 6.34. The van der Waals surface area contributed by atoms with E-state index in [4.69, 9.17) is 16.9 Å². The van der Waals surface area contributed by atoms with Crippen LogP contribution in [0.4, 0.5) is 5.82 Å². The average molecular weight is 264 g/mol. The Morgan fingerprint density at radius 1 is 1.39 bits per heavy atom. The highest BCUT2D eigenvalue weighted by Gasteiger charge is 2.17. The van der Waals surface area contributed by atoms with Gasteiger partial charge in [-0.3, -0.25) is 0 Å². The zero-order valence-corrected chi connectivity index (χ0v) is 11.4. The quantitative estimate of drug-likeness (QED) is 0.821. The molecule has 0 aromatic carbocycles. The maximum Gasteiger partial charge on any atom is 0.146 e. The topological polar surface area (TPSA) is 48.7 Å². The van der Waals surface area contributed by atoms with E-state index in [0.29, 0.717) is 22.4 Å². The summed E-state index contributed by atoms with van der Waals surface area (Å²) in [7, 11) is 0. The van der Waals surface area contributed by atoms with E-state index in [-0.39, 0.29) is 0 Å². The van der Waals surface area contributed by atoms with Gasteiger partial charge in [0.15, 0.2) is 0 Å². The molecule has 18 heavy (non-hydrogen) atoms. The molecule has 0 bridgehead atoms.